The van der Waals surface area contributed by atoms with Gasteiger partial charge in [-0.15, -0.1) is 0 Å². The Bertz CT molecular complexity index is 133. The van der Waals surface area contributed by atoms with E-state index in [0.29, 0.717) is 6.04 Å². The molecule has 0 amide bonds. The molecule has 2 nitrogen and oxygen atoms in total. The minimum atomic E-state index is 0.647. The molecule has 0 spiro atoms. The van der Waals surface area contributed by atoms with Gasteiger partial charge >= 0.3 is 0 Å². The second kappa shape index (κ2) is 8.12. The molecule has 0 saturated heterocycles. The summed E-state index contributed by atoms with van der Waals surface area (Å²) in [5, 5.41) is 3.69. The first kappa shape index (κ1) is 14.9. The van der Waals surface area contributed by atoms with Gasteiger partial charge in [-0.1, -0.05) is 34.1 Å². The van der Waals surface area contributed by atoms with Crippen LogP contribution in [0.15, 0.2) is 0 Å². The van der Waals surface area contributed by atoms with E-state index in [0.717, 1.165) is 24.9 Å². The minimum Gasteiger partial charge on any atom is -0.312 e. The second-order valence-corrected chi connectivity index (χ2v) is 5.51. The van der Waals surface area contributed by atoms with Gasteiger partial charge in [0.15, 0.2) is 0 Å². The van der Waals surface area contributed by atoms with Crippen molar-refractivity contribution in [2.45, 2.75) is 46.6 Å². The Morgan fingerprint density at radius 3 is 2.13 bits per heavy atom. The maximum absolute atomic E-state index is 3.69. The van der Waals surface area contributed by atoms with Crippen molar-refractivity contribution in [2.24, 2.45) is 11.8 Å². The summed E-state index contributed by atoms with van der Waals surface area (Å²) in [6.07, 6.45) is 2.54. The summed E-state index contributed by atoms with van der Waals surface area (Å²) in [4.78, 5) is 2.27. The molecule has 0 radical (unpaired) electrons. The van der Waals surface area contributed by atoms with Gasteiger partial charge in [0.2, 0.25) is 0 Å². The number of hydrogen-bond acceptors (Lipinski definition) is 2. The molecule has 92 valence electrons. The normalized spacial score (nSPS) is 16.0. The standard InChI is InChI=1S/C13H30N2/c1-7-12(4)9-14-13(8-11(2)3)10-15(5)6/h11-14H,7-10H2,1-6H3. The smallest absolute Gasteiger partial charge is 0.0197 e. The first-order valence-electron chi connectivity index (χ1n) is 6.33. The zero-order chi connectivity index (χ0) is 11.8. The van der Waals surface area contributed by atoms with Crippen molar-refractivity contribution in [1.82, 2.24) is 10.2 Å². The van der Waals surface area contributed by atoms with E-state index in [1.54, 1.807) is 0 Å². The topological polar surface area (TPSA) is 15.3 Å². The van der Waals surface area contributed by atoms with Gasteiger partial charge in [0.25, 0.3) is 0 Å². The molecule has 0 rings (SSSR count). The van der Waals surface area contributed by atoms with Crippen molar-refractivity contribution in [2.75, 3.05) is 27.2 Å². The van der Waals surface area contributed by atoms with E-state index in [-0.39, 0.29) is 0 Å². The molecule has 0 aliphatic heterocycles. The Morgan fingerprint density at radius 1 is 1.13 bits per heavy atom. The molecular weight excluding hydrogens is 184 g/mol. The van der Waals surface area contributed by atoms with Crippen molar-refractivity contribution < 1.29 is 0 Å². The summed E-state index contributed by atoms with van der Waals surface area (Å²) in [6, 6.07) is 0.647. The van der Waals surface area contributed by atoms with E-state index < -0.39 is 0 Å². The summed E-state index contributed by atoms with van der Waals surface area (Å²) in [6.45, 7) is 11.5. The Kier molecular flexibility index (Phi) is 8.07. The highest BCUT2D eigenvalue weighted by atomic mass is 15.1. The van der Waals surface area contributed by atoms with Crippen LogP contribution in [0.1, 0.15) is 40.5 Å². The summed E-state index contributed by atoms with van der Waals surface area (Å²) >= 11 is 0. The fourth-order valence-corrected chi connectivity index (χ4v) is 1.74. The Hall–Kier alpha value is -0.0800. The molecule has 0 aliphatic rings. The Balaban J connectivity index is 3.89. The third-order valence-corrected chi connectivity index (χ3v) is 2.79. The van der Waals surface area contributed by atoms with Crippen molar-refractivity contribution >= 4 is 0 Å². The predicted molar refractivity (Wildman–Crippen MR) is 69.3 cm³/mol. The maximum Gasteiger partial charge on any atom is 0.0197 e. The highest BCUT2D eigenvalue weighted by Gasteiger charge is 2.12. The van der Waals surface area contributed by atoms with Crippen LogP contribution in [0.3, 0.4) is 0 Å². The molecule has 2 unspecified atom stereocenters. The van der Waals surface area contributed by atoms with Crippen molar-refractivity contribution in [3.8, 4) is 0 Å². The molecule has 0 saturated carbocycles. The highest BCUT2D eigenvalue weighted by molar-refractivity contribution is 4.72. The fraction of sp³-hybridized carbons (Fsp3) is 1.00. The highest BCUT2D eigenvalue weighted by Crippen LogP contribution is 2.07. The summed E-state index contributed by atoms with van der Waals surface area (Å²) in [5.74, 6) is 1.57. The molecule has 15 heavy (non-hydrogen) atoms. The predicted octanol–water partition coefficient (Wildman–Crippen LogP) is 2.60. The number of rotatable bonds is 8. The molecule has 0 fully saturated rings. The van der Waals surface area contributed by atoms with Crippen molar-refractivity contribution in [1.29, 1.82) is 0 Å². The van der Waals surface area contributed by atoms with Crippen LogP contribution >= 0.6 is 0 Å². The van der Waals surface area contributed by atoms with Crippen LogP contribution in [0.4, 0.5) is 0 Å². The molecule has 0 heterocycles. The zero-order valence-electron chi connectivity index (χ0n) is 11.5. The number of nitrogens with one attached hydrogen (secondary N) is 1. The number of likely N-dealkylation sites (N-methyl/N-ethyl adjacent to an activating group) is 1. The van der Waals surface area contributed by atoms with Gasteiger partial charge in [-0.3, -0.25) is 0 Å². The zero-order valence-corrected chi connectivity index (χ0v) is 11.5. The first-order valence-corrected chi connectivity index (χ1v) is 6.33. The van der Waals surface area contributed by atoms with Crippen LogP contribution in [-0.4, -0.2) is 38.1 Å². The number of hydrogen-bond donors (Lipinski definition) is 1. The summed E-state index contributed by atoms with van der Waals surface area (Å²) in [5.41, 5.74) is 0. The van der Waals surface area contributed by atoms with E-state index >= 15 is 0 Å². The van der Waals surface area contributed by atoms with Gasteiger partial charge in [0.05, 0.1) is 0 Å². The average Bonchev–Trinajstić information content (AvgIpc) is 2.11. The molecule has 0 aromatic carbocycles. The molecule has 1 N–H and O–H groups in total. The third kappa shape index (κ3) is 8.88. The molecule has 0 aromatic heterocycles. The monoisotopic (exact) mass is 214 g/mol. The molecule has 2 heteroatoms. The largest absolute Gasteiger partial charge is 0.312 e. The van der Waals surface area contributed by atoms with Crippen LogP contribution < -0.4 is 5.32 Å². The third-order valence-electron chi connectivity index (χ3n) is 2.79. The molecule has 0 aliphatic carbocycles. The molecule has 0 bridgehead atoms. The first-order chi connectivity index (χ1) is 6.95. The number of nitrogens with zero attached hydrogens (tertiary/aromatic N) is 1. The second-order valence-electron chi connectivity index (χ2n) is 5.51. The Morgan fingerprint density at radius 2 is 1.73 bits per heavy atom. The lowest BCUT2D eigenvalue weighted by atomic mass is 10.0. The average molecular weight is 214 g/mol. The quantitative estimate of drug-likeness (QED) is 0.668. The lowest BCUT2D eigenvalue weighted by Gasteiger charge is -2.25. The Labute approximate surface area is 96.4 Å². The SMILES string of the molecule is CCC(C)CNC(CC(C)C)CN(C)C. The van der Waals surface area contributed by atoms with E-state index in [1.807, 2.05) is 0 Å². The van der Waals surface area contributed by atoms with Crippen LogP contribution in [0, 0.1) is 11.8 Å². The molecule has 2 atom stereocenters. The summed E-state index contributed by atoms with van der Waals surface area (Å²) < 4.78 is 0. The lowest BCUT2D eigenvalue weighted by molar-refractivity contribution is 0.295. The molecule has 0 aromatic rings. The maximum atomic E-state index is 3.69. The van der Waals surface area contributed by atoms with Gasteiger partial charge in [-0.2, -0.15) is 0 Å². The van der Waals surface area contributed by atoms with Crippen molar-refractivity contribution in [3.05, 3.63) is 0 Å². The van der Waals surface area contributed by atoms with E-state index in [4.69, 9.17) is 0 Å². The van der Waals surface area contributed by atoms with E-state index in [1.165, 1.54) is 12.8 Å². The van der Waals surface area contributed by atoms with Gasteiger partial charge < -0.3 is 10.2 Å². The van der Waals surface area contributed by atoms with Crippen LogP contribution in [0.25, 0.3) is 0 Å². The van der Waals surface area contributed by atoms with E-state index in [2.05, 4.69) is 52.0 Å². The lowest BCUT2D eigenvalue weighted by Crippen LogP contribution is -2.41. The fourth-order valence-electron chi connectivity index (χ4n) is 1.74. The molecular formula is C13H30N2. The van der Waals surface area contributed by atoms with Gasteiger partial charge in [0, 0.05) is 12.6 Å². The summed E-state index contributed by atoms with van der Waals surface area (Å²) in [7, 11) is 4.30. The van der Waals surface area contributed by atoms with Crippen molar-refractivity contribution in [3.63, 3.8) is 0 Å². The van der Waals surface area contributed by atoms with Gasteiger partial charge in [-0.05, 0) is 38.9 Å². The van der Waals surface area contributed by atoms with Crippen LogP contribution in [0.2, 0.25) is 0 Å². The van der Waals surface area contributed by atoms with Crippen LogP contribution in [-0.2, 0) is 0 Å². The van der Waals surface area contributed by atoms with E-state index in [9.17, 15) is 0 Å². The van der Waals surface area contributed by atoms with Gasteiger partial charge in [-0.25, -0.2) is 0 Å². The van der Waals surface area contributed by atoms with Crippen LogP contribution in [0.5, 0.6) is 0 Å². The van der Waals surface area contributed by atoms with Gasteiger partial charge in [0.1, 0.15) is 0 Å². The minimum absolute atomic E-state index is 0.647.